The molecule has 15 heavy (non-hydrogen) atoms. The topological polar surface area (TPSA) is 55.0 Å². The van der Waals surface area contributed by atoms with Gasteiger partial charge in [0, 0.05) is 18.6 Å². The highest BCUT2D eigenvalue weighted by Crippen LogP contribution is 2.21. The van der Waals surface area contributed by atoms with Crippen molar-refractivity contribution in [2.75, 3.05) is 11.4 Å². The largest absolute Gasteiger partial charge is 0.338 e. The zero-order chi connectivity index (χ0) is 10.8. The molecule has 0 aromatic carbocycles. The van der Waals surface area contributed by atoms with E-state index >= 15 is 0 Å². The average Bonchev–Trinajstić information content (AvgIpc) is 2.20. The van der Waals surface area contributed by atoms with E-state index in [0.717, 1.165) is 25.3 Å². The van der Waals surface area contributed by atoms with Gasteiger partial charge in [0.15, 0.2) is 0 Å². The highest BCUT2D eigenvalue weighted by Gasteiger charge is 2.24. The summed E-state index contributed by atoms with van der Waals surface area (Å²) in [5, 5.41) is 0.570. The molecule has 0 radical (unpaired) electrons. The van der Waals surface area contributed by atoms with Gasteiger partial charge in [0.2, 0.25) is 5.95 Å². The van der Waals surface area contributed by atoms with E-state index in [1.165, 1.54) is 0 Å². The fourth-order valence-electron chi connectivity index (χ4n) is 1.96. The lowest BCUT2D eigenvalue weighted by Gasteiger charge is -2.36. The van der Waals surface area contributed by atoms with Gasteiger partial charge in [-0.1, -0.05) is 11.6 Å². The lowest BCUT2D eigenvalue weighted by atomic mass is 10.00. The van der Waals surface area contributed by atoms with E-state index in [1.54, 1.807) is 12.4 Å². The molecule has 2 atom stereocenters. The van der Waals surface area contributed by atoms with Gasteiger partial charge in [-0.3, -0.25) is 0 Å². The summed E-state index contributed by atoms with van der Waals surface area (Å²) in [5.74, 6) is 0.749. The quantitative estimate of drug-likeness (QED) is 0.788. The minimum Gasteiger partial charge on any atom is -0.338 e. The molecular formula is C10H15ClN4. The molecule has 0 amide bonds. The van der Waals surface area contributed by atoms with Crippen LogP contribution in [0.1, 0.15) is 19.8 Å². The van der Waals surface area contributed by atoms with Gasteiger partial charge < -0.3 is 10.6 Å². The fourth-order valence-corrected chi connectivity index (χ4v) is 2.06. The molecule has 0 bridgehead atoms. The normalized spacial score (nSPS) is 26.7. The molecule has 2 unspecified atom stereocenters. The van der Waals surface area contributed by atoms with Crippen molar-refractivity contribution in [3.8, 4) is 0 Å². The van der Waals surface area contributed by atoms with Crippen LogP contribution in [-0.2, 0) is 0 Å². The van der Waals surface area contributed by atoms with Crippen molar-refractivity contribution in [2.45, 2.75) is 31.8 Å². The minimum atomic E-state index is 0.309. The Hall–Kier alpha value is -0.870. The maximum Gasteiger partial charge on any atom is 0.225 e. The third-order valence-corrected chi connectivity index (χ3v) is 2.98. The molecular weight excluding hydrogens is 212 g/mol. The molecule has 1 aliphatic rings. The monoisotopic (exact) mass is 226 g/mol. The number of hydrogen-bond acceptors (Lipinski definition) is 4. The standard InChI is InChI=1S/C10H15ClN4/c1-7-4-9(12)2-3-15(7)10-13-5-8(11)6-14-10/h5-7,9H,2-4,12H2,1H3. The highest BCUT2D eigenvalue weighted by molar-refractivity contribution is 6.30. The lowest BCUT2D eigenvalue weighted by Crippen LogP contribution is -2.46. The summed E-state index contributed by atoms with van der Waals surface area (Å²) >= 11 is 5.75. The van der Waals surface area contributed by atoms with Crippen molar-refractivity contribution in [3.63, 3.8) is 0 Å². The second kappa shape index (κ2) is 4.33. The molecule has 4 nitrogen and oxygen atoms in total. The first kappa shape index (κ1) is 10.6. The van der Waals surface area contributed by atoms with Gasteiger partial charge in [0.1, 0.15) is 0 Å². The number of rotatable bonds is 1. The molecule has 5 heteroatoms. The van der Waals surface area contributed by atoms with Crippen LogP contribution in [0.2, 0.25) is 5.02 Å². The van der Waals surface area contributed by atoms with E-state index in [0.29, 0.717) is 17.1 Å². The van der Waals surface area contributed by atoms with Crippen LogP contribution in [0.4, 0.5) is 5.95 Å². The van der Waals surface area contributed by atoms with Gasteiger partial charge in [0.05, 0.1) is 17.4 Å². The minimum absolute atomic E-state index is 0.309. The van der Waals surface area contributed by atoms with E-state index in [1.807, 2.05) is 0 Å². The number of nitrogens with zero attached hydrogens (tertiary/aromatic N) is 3. The summed E-state index contributed by atoms with van der Waals surface area (Å²) in [6.07, 6.45) is 5.25. The van der Waals surface area contributed by atoms with Gasteiger partial charge in [-0.15, -0.1) is 0 Å². The summed E-state index contributed by atoms with van der Waals surface area (Å²) in [6, 6.07) is 0.707. The average molecular weight is 227 g/mol. The molecule has 0 aliphatic carbocycles. The van der Waals surface area contributed by atoms with Crippen molar-refractivity contribution in [1.82, 2.24) is 9.97 Å². The third-order valence-electron chi connectivity index (χ3n) is 2.78. The molecule has 1 aliphatic heterocycles. The van der Waals surface area contributed by atoms with Crippen molar-refractivity contribution in [2.24, 2.45) is 5.73 Å². The van der Waals surface area contributed by atoms with Crippen LogP contribution >= 0.6 is 11.6 Å². The zero-order valence-corrected chi connectivity index (χ0v) is 9.48. The molecule has 82 valence electrons. The van der Waals surface area contributed by atoms with Crippen LogP contribution in [-0.4, -0.2) is 28.6 Å². The van der Waals surface area contributed by atoms with E-state index in [4.69, 9.17) is 17.3 Å². The van der Waals surface area contributed by atoms with Crippen LogP contribution in [0.25, 0.3) is 0 Å². The first-order valence-corrected chi connectivity index (χ1v) is 5.54. The Balaban J connectivity index is 2.13. The van der Waals surface area contributed by atoms with Crippen molar-refractivity contribution < 1.29 is 0 Å². The Kier molecular flexibility index (Phi) is 3.07. The number of hydrogen-bond donors (Lipinski definition) is 1. The Morgan fingerprint density at radius 3 is 2.73 bits per heavy atom. The maximum atomic E-state index is 5.90. The third kappa shape index (κ3) is 2.38. The van der Waals surface area contributed by atoms with Crippen LogP contribution in [0.5, 0.6) is 0 Å². The Morgan fingerprint density at radius 2 is 2.13 bits per heavy atom. The smallest absolute Gasteiger partial charge is 0.225 e. The molecule has 0 spiro atoms. The van der Waals surface area contributed by atoms with Crippen molar-refractivity contribution >= 4 is 17.5 Å². The number of aromatic nitrogens is 2. The number of piperidine rings is 1. The van der Waals surface area contributed by atoms with E-state index in [9.17, 15) is 0 Å². The Labute approximate surface area is 94.5 Å². The molecule has 1 aromatic heterocycles. The van der Waals surface area contributed by atoms with Crippen molar-refractivity contribution in [1.29, 1.82) is 0 Å². The lowest BCUT2D eigenvalue weighted by molar-refractivity contribution is 0.424. The molecule has 2 N–H and O–H groups in total. The second-order valence-corrected chi connectivity index (χ2v) is 4.46. The van der Waals surface area contributed by atoms with Gasteiger partial charge in [-0.2, -0.15) is 0 Å². The van der Waals surface area contributed by atoms with E-state index in [2.05, 4.69) is 21.8 Å². The molecule has 1 fully saturated rings. The molecule has 2 rings (SSSR count). The second-order valence-electron chi connectivity index (χ2n) is 4.03. The van der Waals surface area contributed by atoms with Crippen LogP contribution < -0.4 is 10.6 Å². The Morgan fingerprint density at radius 1 is 1.47 bits per heavy atom. The van der Waals surface area contributed by atoms with E-state index < -0.39 is 0 Å². The number of anilines is 1. The zero-order valence-electron chi connectivity index (χ0n) is 8.73. The van der Waals surface area contributed by atoms with Crippen molar-refractivity contribution in [3.05, 3.63) is 17.4 Å². The first-order chi connectivity index (χ1) is 7.16. The maximum absolute atomic E-state index is 5.90. The summed E-state index contributed by atoms with van der Waals surface area (Å²) < 4.78 is 0. The predicted molar refractivity (Wildman–Crippen MR) is 61.1 cm³/mol. The molecule has 1 saturated heterocycles. The Bertz CT molecular complexity index is 327. The number of nitrogens with two attached hydrogens (primary N) is 1. The predicted octanol–water partition coefficient (Wildman–Crippen LogP) is 1.45. The summed E-state index contributed by atoms with van der Waals surface area (Å²) in [7, 11) is 0. The molecule has 2 heterocycles. The summed E-state index contributed by atoms with van der Waals surface area (Å²) in [6.45, 7) is 3.07. The number of halogens is 1. The van der Waals surface area contributed by atoms with Crippen LogP contribution in [0.3, 0.4) is 0 Å². The van der Waals surface area contributed by atoms with Gasteiger partial charge in [0.25, 0.3) is 0 Å². The first-order valence-electron chi connectivity index (χ1n) is 5.16. The van der Waals surface area contributed by atoms with Gasteiger partial charge >= 0.3 is 0 Å². The van der Waals surface area contributed by atoms with Crippen LogP contribution in [0, 0.1) is 0 Å². The summed E-state index contributed by atoms with van der Waals surface area (Å²) in [4.78, 5) is 10.6. The molecule has 1 aromatic rings. The summed E-state index contributed by atoms with van der Waals surface area (Å²) in [5.41, 5.74) is 5.90. The fraction of sp³-hybridized carbons (Fsp3) is 0.600. The molecule has 0 saturated carbocycles. The van der Waals surface area contributed by atoms with Gasteiger partial charge in [-0.25, -0.2) is 9.97 Å². The SMILES string of the molecule is CC1CC(N)CCN1c1ncc(Cl)cn1. The van der Waals surface area contributed by atoms with Gasteiger partial charge in [-0.05, 0) is 19.8 Å². The highest BCUT2D eigenvalue weighted by atomic mass is 35.5. The van der Waals surface area contributed by atoms with Crippen LogP contribution in [0.15, 0.2) is 12.4 Å². The van der Waals surface area contributed by atoms with E-state index in [-0.39, 0.29) is 0 Å².